The normalized spacial score (nSPS) is 17.4. The summed E-state index contributed by atoms with van der Waals surface area (Å²) >= 11 is 0. The lowest BCUT2D eigenvalue weighted by atomic mass is 10.0. The number of hydrogen-bond acceptors (Lipinski definition) is 2. The lowest BCUT2D eigenvalue weighted by molar-refractivity contribution is -0.128. The summed E-state index contributed by atoms with van der Waals surface area (Å²) in [6.07, 6.45) is 2.66. The minimum absolute atomic E-state index is 0.0309. The molecule has 1 fully saturated rings. The second-order valence-corrected chi connectivity index (χ2v) is 6.26. The summed E-state index contributed by atoms with van der Waals surface area (Å²) in [6.45, 7) is 7.79. The van der Waals surface area contributed by atoms with Gasteiger partial charge in [-0.2, -0.15) is 0 Å². The first kappa shape index (κ1) is 16.5. The van der Waals surface area contributed by atoms with E-state index in [1.807, 2.05) is 36.1 Å². The average Bonchev–Trinajstić information content (AvgIpc) is 2.92. The molecule has 0 bridgehead atoms. The number of nitrogens with zero attached hydrogens (tertiary/aromatic N) is 1. The van der Waals surface area contributed by atoms with Gasteiger partial charge >= 0.3 is 0 Å². The molecule has 0 aliphatic carbocycles. The van der Waals surface area contributed by atoms with Crippen LogP contribution in [0.25, 0.3) is 0 Å². The predicted molar refractivity (Wildman–Crippen MR) is 87.5 cm³/mol. The Hall–Kier alpha value is -1.84. The Morgan fingerprint density at radius 1 is 1.27 bits per heavy atom. The topological polar surface area (TPSA) is 49.4 Å². The molecule has 0 radical (unpaired) electrons. The number of benzene rings is 1. The van der Waals surface area contributed by atoms with Gasteiger partial charge in [-0.15, -0.1) is 0 Å². The molecule has 22 heavy (non-hydrogen) atoms. The fourth-order valence-electron chi connectivity index (χ4n) is 2.64. The van der Waals surface area contributed by atoms with Crippen LogP contribution in [0.15, 0.2) is 24.3 Å². The van der Waals surface area contributed by atoms with Gasteiger partial charge in [-0.05, 0) is 37.0 Å². The molecule has 0 spiro atoms. The molecule has 1 N–H and O–H groups in total. The third kappa shape index (κ3) is 4.09. The van der Waals surface area contributed by atoms with Gasteiger partial charge in [-0.25, -0.2) is 0 Å². The van der Waals surface area contributed by atoms with E-state index in [2.05, 4.69) is 19.2 Å². The summed E-state index contributed by atoms with van der Waals surface area (Å²) in [5.41, 5.74) is 1.74. The van der Waals surface area contributed by atoms with Crippen LogP contribution in [0.5, 0.6) is 0 Å². The highest BCUT2D eigenvalue weighted by molar-refractivity contribution is 5.94. The lowest BCUT2D eigenvalue weighted by Crippen LogP contribution is -2.36. The van der Waals surface area contributed by atoms with E-state index in [9.17, 15) is 9.59 Å². The van der Waals surface area contributed by atoms with Crippen LogP contribution in [0, 0.1) is 5.92 Å². The van der Waals surface area contributed by atoms with E-state index in [0.29, 0.717) is 24.4 Å². The van der Waals surface area contributed by atoms with Crippen molar-refractivity contribution in [3.63, 3.8) is 0 Å². The number of rotatable bonds is 6. The summed E-state index contributed by atoms with van der Waals surface area (Å²) in [6, 6.07) is 7.73. The highest BCUT2D eigenvalue weighted by Gasteiger charge is 2.20. The summed E-state index contributed by atoms with van der Waals surface area (Å²) < 4.78 is 0. The van der Waals surface area contributed by atoms with Gasteiger partial charge in [-0.3, -0.25) is 9.59 Å². The molecule has 120 valence electrons. The maximum absolute atomic E-state index is 12.2. The van der Waals surface area contributed by atoms with Crippen molar-refractivity contribution < 1.29 is 9.59 Å². The minimum Gasteiger partial charge on any atom is -0.349 e. The lowest BCUT2D eigenvalue weighted by Gasteiger charge is -2.20. The molecule has 2 rings (SSSR count). The molecule has 1 aliphatic rings. The molecule has 1 heterocycles. The number of likely N-dealkylation sites (tertiary alicyclic amines) is 1. The maximum Gasteiger partial charge on any atom is 0.251 e. The van der Waals surface area contributed by atoms with Crippen molar-refractivity contribution in [3.8, 4) is 0 Å². The van der Waals surface area contributed by atoms with Crippen molar-refractivity contribution >= 4 is 11.8 Å². The van der Waals surface area contributed by atoms with Crippen molar-refractivity contribution in [2.45, 2.75) is 52.6 Å². The Labute approximate surface area is 132 Å². The van der Waals surface area contributed by atoms with Crippen LogP contribution in [0.1, 0.15) is 56.0 Å². The van der Waals surface area contributed by atoms with Gasteiger partial charge in [0.15, 0.2) is 0 Å². The standard InChI is InChI=1S/C18H26N2O2/c1-4-13(2)14(3)19-18(22)16-9-7-15(8-10-16)12-20-11-5-6-17(20)21/h7-10,13-14H,4-6,11-12H2,1-3H3,(H,19,22)/t13-,14+/m1/s1. The first-order valence-electron chi connectivity index (χ1n) is 8.18. The van der Waals surface area contributed by atoms with Crippen LogP contribution in [0.3, 0.4) is 0 Å². The van der Waals surface area contributed by atoms with E-state index in [-0.39, 0.29) is 17.9 Å². The monoisotopic (exact) mass is 302 g/mol. The number of hydrogen-bond donors (Lipinski definition) is 1. The third-order valence-electron chi connectivity index (χ3n) is 4.62. The maximum atomic E-state index is 12.2. The molecule has 0 aromatic heterocycles. The Morgan fingerprint density at radius 2 is 1.95 bits per heavy atom. The van der Waals surface area contributed by atoms with Crippen LogP contribution in [-0.4, -0.2) is 29.3 Å². The molecular weight excluding hydrogens is 276 g/mol. The molecule has 4 nitrogen and oxygen atoms in total. The minimum atomic E-state index is -0.0309. The molecule has 0 unspecified atom stereocenters. The highest BCUT2D eigenvalue weighted by Crippen LogP contribution is 2.15. The van der Waals surface area contributed by atoms with Crippen molar-refractivity contribution in [1.29, 1.82) is 0 Å². The van der Waals surface area contributed by atoms with Gasteiger partial charge in [0.2, 0.25) is 5.91 Å². The fraction of sp³-hybridized carbons (Fsp3) is 0.556. The molecule has 0 saturated carbocycles. The fourth-order valence-corrected chi connectivity index (χ4v) is 2.64. The number of nitrogens with one attached hydrogen (secondary N) is 1. The quantitative estimate of drug-likeness (QED) is 0.878. The van der Waals surface area contributed by atoms with Crippen molar-refractivity contribution in [2.75, 3.05) is 6.54 Å². The van der Waals surface area contributed by atoms with Crippen LogP contribution in [0.4, 0.5) is 0 Å². The number of carbonyl (C=O) groups excluding carboxylic acids is 2. The van der Waals surface area contributed by atoms with Crippen molar-refractivity contribution in [3.05, 3.63) is 35.4 Å². The zero-order chi connectivity index (χ0) is 16.1. The summed E-state index contributed by atoms with van der Waals surface area (Å²) in [7, 11) is 0. The second-order valence-electron chi connectivity index (χ2n) is 6.26. The van der Waals surface area contributed by atoms with Crippen LogP contribution in [-0.2, 0) is 11.3 Å². The van der Waals surface area contributed by atoms with Gasteiger partial charge in [0.1, 0.15) is 0 Å². The molecule has 1 saturated heterocycles. The molecule has 1 aromatic rings. The molecule has 1 aromatic carbocycles. The van der Waals surface area contributed by atoms with Crippen molar-refractivity contribution in [2.24, 2.45) is 5.92 Å². The number of carbonyl (C=O) groups is 2. The van der Waals surface area contributed by atoms with Gasteiger partial charge in [0.05, 0.1) is 0 Å². The second kappa shape index (κ2) is 7.43. The Bertz CT molecular complexity index is 524. The van der Waals surface area contributed by atoms with E-state index in [1.165, 1.54) is 0 Å². The van der Waals surface area contributed by atoms with Crippen LogP contribution >= 0.6 is 0 Å². The Balaban J connectivity index is 1.93. The average molecular weight is 302 g/mol. The first-order valence-corrected chi connectivity index (χ1v) is 8.18. The van der Waals surface area contributed by atoms with E-state index in [1.54, 1.807) is 0 Å². The first-order chi connectivity index (χ1) is 10.5. The van der Waals surface area contributed by atoms with Gasteiger partial charge in [-0.1, -0.05) is 32.4 Å². The van der Waals surface area contributed by atoms with Crippen LogP contribution in [0.2, 0.25) is 0 Å². The summed E-state index contributed by atoms with van der Waals surface area (Å²) in [4.78, 5) is 25.7. The van der Waals surface area contributed by atoms with Gasteiger partial charge < -0.3 is 10.2 Å². The van der Waals surface area contributed by atoms with Crippen molar-refractivity contribution in [1.82, 2.24) is 10.2 Å². The zero-order valence-electron chi connectivity index (χ0n) is 13.8. The zero-order valence-corrected chi connectivity index (χ0v) is 13.8. The molecule has 2 atom stereocenters. The van der Waals surface area contributed by atoms with E-state index in [0.717, 1.165) is 24.9 Å². The largest absolute Gasteiger partial charge is 0.349 e. The van der Waals surface area contributed by atoms with E-state index in [4.69, 9.17) is 0 Å². The third-order valence-corrected chi connectivity index (χ3v) is 4.62. The summed E-state index contributed by atoms with van der Waals surface area (Å²) in [5, 5.41) is 3.04. The smallest absolute Gasteiger partial charge is 0.251 e. The molecule has 2 amide bonds. The molecular formula is C18H26N2O2. The molecule has 1 aliphatic heterocycles. The Kier molecular flexibility index (Phi) is 5.58. The molecule has 4 heteroatoms. The van der Waals surface area contributed by atoms with Crippen LogP contribution < -0.4 is 5.32 Å². The van der Waals surface area contributed by atoms with Gasteiger partial charge in [0, 0.05) is 31.1 Å². The Morgan fingerprint density at radius 3 is 2.50 bits per heavy atom. The van der Waals surface area contributed by atoms with E-state index < -0.39 is 0 Å². The SMILES string of the molecule is CC[C@@H](C)[C@H](C)NC(=O)c1ccc(CN2CCCC2=O)cc1. The van der Waals surface area contributed by atoms with E-state index >= 15 is 0 Å². The summed E-state index contributed by atoms with van der Waals surface area (Å²) in [5.74, 6) is 0.658. The highest BCUT2D eigenvalue weighted by atomic mass is 16.2. The predicted octanol–water partition coefficient (Wildman–Crippen LogP) is 2.97. The number of amides is 2. The van der Waals surface area contributed by atoms with Gasteiger partial charge in [0.25, 0.3) is 5.91 Å².